The fourth-order valence-corrected chi connectivity index (χ4v) is 4.62. The summed E-state index contributed by atoms with van der Waals surface area (Å²) in [7, 11) is -0.998. The van der Waals surface area contributed by atoms with Crippen molar-refractivity contribution in [3.8, 4) is 11.5 Å². The topological polar surface area (TPSA) is 112 Å². The Morgan fingerprint density at radius 2 is 2.00 bits per heavy atom. The Morgan fingerprint density at radius 3 is 2.63 bits per heavy atom. The zero-order chi connectivity index (χ0) is 21.6. The molecule has 0 bridgehead atoms. The van der Waals surface area contributed by atoms with Gasteiger partial charge in [0.2, 0.25) is 10.0 Å². The molecule has 0 unspecified atom stereocenters. The lowest BCUT2D eigenvalue weighted by Gasteiger charge is -2.26. The second-order valence-electron chi connectivity index (χ2n) is 6.63. The van der Waals surface area contributed by atoms with E-state index in [2.05, 4.69) is 10.3 Å². The summed E-state index contributed by atoms with van der Waals surface area (Å²) in [5.41, 5.74) is 0.103. The van der Waals surface area contributed by atoms with E-state index in [1.54, 1.807) is 12.5 Å². The highest BCUT2D eigenvalue weighted by Gasteiger charge is 2.30. The number of amides is 1. The van der Waals surface area contributed by atoms with Gasteiger partial charge in [0.05, 0.1) is 44.2 Å². The molecule has 1 saturated heterocycles. The molecule has 2 heterocycles. The monoisotopic (exact) mass is 438 g/mol. The Morgan fingerprint density at radius 1 is 1.23 bits per heavy atom. The van der Waals surface area contributed by atoms with Crippen LogP contribution >= 0.6 is 0 Å². The van der Waals surface area contributed by atoms with E-state index in [1.807, 2.05) is 10.8 Å². The van der Waals surface area contributed by atoms with Gasteiger partial charge in [-0.15, -0.1) is 0 Å². The number of methoxy groups -OCH3 is 2. The summed E-state index contributed by atoms with van der Waals surface area (Å²) in [6.45, 7) is 2.28. The van der Waals surface area contributed by atoms with Crippen LogP contribution in [0.4, 0.5) is 0 Å². The second-order valence-corrected chi connectivity index (χ2v) is 8.57. The Hall–Kier alpha value is -2.63. The molecule has 3 rings (SSSR count). The number of hydrogen-bond donors (Lipinski definition) is 1. The van der Waals surface area contributed by atoms with E-state index < -0.39 is 15.9 Å². The number of morpholine rings is 1. The van der Waals surface area contributed by atoms with Crippen molar-refractivity contribution in [3.63, 3.8) is 0 Å². The van der Waals surface area contributed by atoms with Gasteiger partial charge < -0.3 is 24.1 Å². The van der Waals surface area contributed by atoms with Crippen molar-refractivity contribution in [2.45, 2.75) is 17.9 Å². The van der Waals surface area contributed by atoms with Crippen molar-refractivity contribution in [2.75, 3.05) is 47.1 Å². The Labute approximate surface area is 175 Å². The first-order valence-corrected chi connectivity index (χ1v) is 11.0. The van der Waals surface area contributed by atoms with E-state index in [0.29, 0.717) is 32.7 Å². The minimum atomic E-state index is -3.80. The molecule has 30 heavy (non-hydrogen) atoms. The van der Waals surface area contributed by atoms with Crippen molar-refractivity contribution in [3.05, 3.63) is 36.4 Å². The van der Waals surface area contributed by atoms with Crippen molar-refractivity contribution in [2.24, 2.45) is 0 Å². The van der Waals surface area contributed by atoms with Gasteiger partial charge in [0.25, 0.3) is 5.91 Å². The first kappa shape index (κ1) is 22.1. The average molecular weight is 439 g/mol. The first-order chi connectivity index (χ1) is 14.5. The van der Waals surface area contributed by atoms with Crippen molar-refractivity contribution >= 4 is 15.9 Å². The number of hydrogen-bond acceptors (Lipinski definition) is 7. The van der Waals surface area contributed by atoms with Crippen LogP contribution in [0.2, 0.25) is 0 Å². The molecule has 164 valence electrons. The predicted octanol–water partition coefficient (Wildman–Crippen LogP) is 0.741. The quantitative estimate of drug-likeness (QED) is 0.575. The van der Waals surface area contributed by atoms with E-state index in [-0.39, 0.29) is 35.0 Å². The third-order valence-corrected chi connectivity index (χ3v) is 6.62. The fourth-order valence-electron chi connectivity index (χ4n) is 3.17. The van der Waals surface area contributed by atoms with Crippen LogP contribution in [-0.4, -0.2) is 75.2 Å². The maximum atomic E-state index is 13.1. The number of aromatic nitrogens is 2. The Kier molecular flexibility index (Phi) is 7.29. The molecule has 1 fully saturated rings. The van der Waals surface area contributed by atoms with E-state index in [0.717, 1.165) is 0 Å². The summed E-state index contributed by atoms with van der Waals surface area (Å²) in [5.74, 6) is -0.0734. The lowest BCUT2D eigenvalue weighted by atomic mass is 10.1. The van der Waals surface area contributed by atoms with Gasteiger partial charge in [0, 0.05) is 44.6 Å². The molecular formula is C19H26N4O6S. The van der Waals surface area contributed by atoms with E-state index in [9.17, 15) is 13.2 Å². The van der Waals surface area contributed by atoms with Crippen LogP contribution in [0.5, 0.6) is 11.5 Å². The molecular weight excluding hydrogens is 412 g/mol. The molecule has 1 aliphatic heterocycles. The number of aryl methyl sites for hydroxylation is 1. The van der Waals surface area contributed by atoms with Gasteiger partial charge in [-0.25, -0.2) is 13.4 Å². The number of nitrogens with zero attached hydrogens (tertiary/aromatic N) is 3. The maximum absolute atomic E-state index is 13.1. The zero-order valence-corrected chi connectivity index (χ0v) is 17.9. The number of benzene rings is 1. The van der Waals surface area contributed by atoms with Gasteiger partial charge in [-0.1, -0.05) is 0 Å². The van der Waals surface area contributed by atoms with Gasteiger partial charge in [-0.3, -0.25) is 4.79 Å². The first-order valence-electron chi connectivity index (χ1n) is 9.55. The minimum Gasteiger partial charge on any atom is -0.493 e. The van der Waals surface area contributed by atoms with Crippen LogP contribution in [0.15, 0.2) is 35.7 Å². The van der Waals surface area contributed by atoms with Crippen LogP contribution in [0.1, 0.15) is 16.8 Å². The van der Waals surface area contributed by atoms with Crippen LogP contribution in [0.25, 0.3) is 0 Å². The number of imidazole rings is 1. The highest BCUT2D eigenvalue weighted by atomic mass is 32.2. The molecule has 0 spiro atoms. The van der Waals surface area contributed by atoms with Gasteiger partial charge in [-0.2, -0.15) is 4.31 Å². The lowest BCUT2D eigenvalue weighted by molar-refractivity contribution is 0.0730. The summed E-state index contributed by atoms with van der Waals surface area (Å²) < 4.78 is 45.2. The maximum Gasteiger partial charge on any atom is 0.255 e. The SMILES string of the molecule is COc1cc(S(=O)(=O)N2CCOCC2)cc(C(=O)NCCCn2ccnc2)c1OC. The fraction of sp³-hybridized carbons (Fsp3) is 0.474. The standard InChI is InChI=1S/C19H26N4O6S/c1-27-17-13-15(30(25,26)23-8-10-29-11-9-23)12-16(18(17)28-2)19(24)21-4-3-6-22-7-5-20-14-22/h5,7,12-14H,3-4,6,8-11H2,1-2H3,(H,21,24). The largest absolute Gasteiger partial charge is 0.493 e. The van der Waals surface area contributed by atoms with Crippen molar-refractivity contribution in [1.29, 1.82) is 0 Å². The van der Waals surface area contributed by atoms with Crippen molar-refractivity contribution in [1.82, 2.24) is 19.2 Å². The second kappa shape index (κ2) is 9.92. The third-order valence-electron chi connectivity index (χ3n) is 4.74. The molecule has 1 amide bonds. The lowest BCUT2D eigenvalue weighted by Crippen LogP contribution is -2.40. The highest BCUT2D eigenvalue weighted by molar-refractivity contribution is 7.89. The molecule has 0 aliphatic carbocycles. The van der Waals surface area contributed by atoms with E-state index >= 15 is 0 Å². The number of carbonyl (C=O) groups is 1. The molecule has 0 saturated carbocycles. The number of sulfonamides is 1. The van der Waals surface area contributed by atoms with E-state index in [1.165, 1.54) is 30.7 Å². The van der Waals surface area contributed by atoms with Gasteiger partial charge in [-0.05, 0) is 12.5 Å². The smallest absolute Gasteiger partial charge is 0.255 e. The van der Waals surface area contributed by atoms with Crippen LogP contribution in [-0.2, 0) is 21.3 Å². The molecule has 1 N–H and O–H groups in total. The molecule has 0 radical (unpaired) electrons. The molecule has 1 aromatic heterocycles. The number of carbonyl (C=O) groups excluding carboxylic acids is 1. The summed E-state index contributed by atoms with van der Waals surface area (Å²) >= 11 is 0. The molecule has 10 nitrogen and oxygen atoms in total. The minimum absolute atomic E-state index is 0.0226. The summed E-state index contributed by atoms with van der Waals surface area (Å²) in [6.07, 6.45) is 5.93. The predicted molar refractivity (Wildman–Crippen MR) is 108 cm³/mol. The van der Waals surface area contributed by atoms with Gasteiger partial charge >= 0.3 is 0 Å². The Balaban J connectivity index is 1.81. The van der Waals surface area contributed by atoms with Crippen LogP contribution in [0, 0.1) is 0 Å². The number of ether oxygens (including phenoxy) is 3. The van der Waals surface area contributed by atoms with Crippen molar-refractivity contribution < 1.29 is 27.4 Å². The molecule has 1 aromatic carbocycles. The Bertz CT molecular complexity index is 956. The van der Waals surface area contributed by atoms with Crippen LogP contribution in [0.3, 0.4) is 0 Å². The summed E-state index contributed by atoms with van der Waals surface area (Å²) in [5, 5.41) is 2.81. The van der Waals surface area contributed by atoms with E-state index in [4.69, 9.17) is 14.2 Å². The summed E-state index contributed by atoms with van der Waals surface area (Å²) in [4.78, 5) is 16.8. The highest BCUT2D eigenvalue weighted by Crippen LogP contribution is 2.35. The van der Waals surface area contributed by atoms with Gasteiger partial charge in [0.15, 0.2) is 11.5 Å². The molecule has 1 aliphatic rings. The normalized spacial score (nSPS) is 15.0. The van der Waals surface area contributed by atoms with Gasteiger partial charge in [0.1, 0.15) is 0 Å². The number of nitrogens with one attached hydrogen (secondary N) is 1. The molecule has 2 aromatic rings. The zero-order valence-electron chi connectivity index (χ0n) is 17.0. The molecule has 0 atom stereocenters. The summed E-state index contributed by atoms with van der Waals surface area (Å²) in [6, 6.07) is 2.71. The van der Waals surface area contributed by atoms with Crippen LogP contribution < -0.4 is 14.8 Å². The third kappa shape index (κ3) is 4.91. The molecule has 11 heteroatoms. The average Bonchev–Trinajstić information content (AvgIpc) is 3.29. The number of rotatable bonds is 9.